The maximum absolute atomic E-state index is 11.6. The Kier molecular flexibility index (Phi) is 3.48. The summed E-state index contributed by atoms with van der Waals surface area (Å²) in [5.74, 6) is 0.0167. The number of benzene rings is 1. The molecule has 0 radical (unpaired) electrons. The van der Waals surface area contributed by atoms with Crippen molar-refractivity contribution in [2.24, 2.45) is 0 Å². The first-order valence-corrected chi connectivity index (χ1v) is 6.11. The molecule has 0 saturated carbocycles. The monoisotopic (exact) mass is 233 g/mol. The minimum Gasteiger partial charge on any atom is -0.343 e. The second kappa shape index (κ2) is 4.88. The lowest BCUT2D eigenvalue weighted by atomic mass is 10.1. The van der Waals surface area contributed by atoms with Gasteiger partial charge in [0.2, 0.25) is 0 Å². The van der Waals surface area contributed by atoms with Gasteiger partial charge in [0.05, 0.1) is 0 Å². The molecule has 1 fully saturated rings. The van der Waals surface area contributed by atoms with Gasteiger partial charge in [-0.15, -0.1) is 0 Å². The number of ether oxygens (including phenoxy) is 1. The molecule has 1 aliphatic rings. The zero-order valence-electron chi connectivity index (χ0n) is 10.4. The third-order valence-corrected chi connectivity index (χ3v) is 2.93. The normalized spacial score (nSPS) is 22.5. The zero-order chi connectivity index (χ0) is 12.3. The van der Waals surface area contributed by atoms with Gasteiger partial charge in [-0.25, -0.2) is 0 Å². The smallest absolute Gasteiger partial charge is 0.251 e. The molecule has 17 heavy (non-hydrogen) atoms. The molecule has 1 unspecified atom stereocenters. The van der Waals surface area contributed by atoms with Crippen molar-refractivity contribution >= 4 is 5.91 Å². The van der Waals surface area contributed by atoms with E-state index in [1.165, 1.54) is 5.56 Å². The molecule has 1 heterocycles. The summed E-state index contributed by atoms with van der Waals surface area (Å²) in [5.41, 5.74) is 0.805. The van der Waals surface area contributed by atoms with E-state index in [9.17, 15) is 4.79 Å². The lowest BCUT2D eigenvalue weighted by molar-refractivity contribution is -0.124. The summed E-state index contributed by atoms with van der Waals surface area (Å²) >= 11 is 0. The molecule has 0 bridgehead atoms. The lowest BCUT2D eigenvalue weighted by Crippen LogP contribution is -2.35. The van der Waals surface area contributed by atoms with E-state index in [2.05, 4.69) is 17.4 Å². The summed E-state index contributed by atoms with van der Waals surface area (Å²) in [6.45, 7) is 3.75. The summed E-state index contributed by atoms with van der Waals surface area (Å²) in [7, 11) is 0. The van der Waals surface area contributed by atoms with Gasteiger partial charge < -0.3 is 10.1 Å². The van der Waals surface area contributed by atoms with Crippen LogP contribution in [0.4, 0.5) is 0 Å². The van der Waals surface area contributed by atoms with E-state index in [1.807, 2.05) is 32.0 Å². The number of nitrogens with one attached hydrogen (secondary N) is 1. The highest BCUT2D eigenvalue weighted by Gasteiger charge is 2.37. The number of carbonyl (C=O) groups excluding carboxylic acids is 1. The molecule has 1 aromatic rings. The quantitative estimate of drug-likeness (QED) is 0.866. The van der Waals surface area contributed by atoms with Gasteiger partial charge in [-0.2, -0.15) is 0 Å². The van der Waals surface area contributed by atoms with E-state index in [0.717, 1.165) is 19.3 Å². The van der Waals surface area contributed by atoms with Crippen molar-refractivity contribution < 1.29 is 9.53 Å². The third kappa shape index (κ3) is 3.30. The summed E-state index contributed by atoms with van der Waals surface area (Å²) in [5, 5.41) is 2.83. The Bertz CT molecular complexity index is 386. The molecule has 1 N–H and O–H groups in total. The van der Waals surface area contributed by atoms with Gasteiger partial charge in [0.15, 0.2) is 0 Å². The van der Waals surface area contributed by atoms with E-state index in [4.69, 9.17) is 4.74 Å². The third-order valence-electron chi connectivity index (χ3n) is 2.93. The molecule has 1 saturated heterocycles. The second-order valence-electron chi connectivity index (χ2n) is 4.98. The highest BCUT2D eigenvalue weighted by molar-refractivity contribution is 5.83. The summed E-state index contributed by atoms with van der Waals surface area (Å²) in [4.78, 5) is 11.6. The van der Waals surface area contributed by atoms with Crippen LogP contribution in [0.25, 0.3) is 0 Å². The molecule has 0 aromatic heterocycles. The number of hydrogen-bond donors (Lipinski definition) is 1. The van der Waals surface area contributed by atoms with Crippen molar-refractivity contribution in [2.45, 2.75) is 44.9 Å². The van der Waals surface area contributed by atoms with Gasteiger partial charge in [0.1, 0.15) is 11.8 Å². The Hall–Kier alpha value is -1.35. The Morgan fingerprint density at radius 1 is 1.29 bits per heavy atom. The lowest BCUT2D eigenvalue weighted by Gasteiger charge is -2.17. The van der Waals surface area contributed by atoms with Gasteiger partial charge in [-0.05, 0) is 38.7 Å². The summed E-state index contributed by atoms with van der Waals surface area (Å²) < 4.78 is 5.64. The Morgan fingerprint density at radius 2 is 2.00 bits per heavy atom. The fourth-order valence-electron chi connectivity index (χ4n) is 2.14. The average molecular weight is 233 g/mol. The van der Waals surface area contributed by atoms with Crippen molar-refractivity contribution in [1.29, 1.82) is 0 Å². The van der Waals surface area contributed by atoms with E-state index in [1.54, 1.807) is 0 Å². The molecule has 1 aliphatic heterocycles. The number of amides is 1. The molecular weight excluding hydrogens is 214 g/mol. The highest BCUT2D eigenvalue weighted by atomic mass is 16.5. The standard InChI is InChI=1S/C14H19NO2/c1-14(2)15-13(16)12(17-14)10-6-9-11-7-4-3-5-8-11/h3-5,7-8,12H,6,9-10H2,1-2H3,(H,15,16). The SMILES string of the molecule is CC1(C)NC(=O)C(CCCc2ccccc2)O1. The minimum atomic E-state index is -0.505. The molecule has 3 nitrogen and oxygen atoms in total. The van der Waals surface area contributed by atoms with Crippen LogP contribution in [-0.2, 0) is 16.0 Å². The Balaban J connectivity index is 1.78. The molecule has 0 spiro atoms. The highest BCUT2D eigenvalue weighted by Crippen LogP contribution is 2.20. The first-order valence-electron chi connectivity index (χ1n) is 6.11. The van der Waals surface area contributed by atoms with Crippen LogP contribution in [0, 0.1) is 0 Å². The van der Waals surface area contributed by atoms with Crippen molar-refractivity contribution in [3.63, 3.8) is 0 Å². The van der Waals surface area contributed by atoms with Crippen molar-refractivity contribution in [3.8, 4) is 0 Å². The van der Waals surface area contributed by atoms with Gasteiger partial charge >= 0.3 is 0 Å². The topological polar surface area (TPSA) is 38.3 Å². The van der Waals surface area contributed by atoms with Crippen LogP contribution in [0.1, 0.15) is 32.3 Å². The predicted octanol–water partition coefficient (Wildman–Crippen LogP) is 2.26. The largest absolute Gasteiger partial charge is 0.343 e. The molecule has 3 heteroatoms. The van der Waals surface area contributed by atoms with Crippen molar-refractivity contribution in [3.05, 3.63) is 35.9 Å². The Morgan fingerprint density at radius 3 is 2.59 bits per heavy atom. The maximum Gasteiger partial charge on any atom is 0.251 e. The van der Waals surface area contributed by atoms with Crippen LogP contribution in [0.15, 0.2) is 30.3 Å². The van der Waals surface area contributed by atoms with Gasteiger partial charge in [-0.1, -0.05) is 30.3 Å². The summed E-state index contributed by atoms with van der Waals surface area (Å²) in [6.07, 6.45) is 2.46. The van der Waals surface area contributed by atoms with E-state index < -0.39 is 5.72 Å². The van der Waals surface area contributed by atoms with E-state index in [0.29, 0.717) is 0 Å². The van der Waals surface area contributed by atoms with Crippen LogP contribution >= 0.6 is 0 Å². The number of hydrogen-bond acceptors (Lipinski definition) is 2. The molecular formula is C14H19NO2. The first-order chi connectivity index (χ1) is 8.07. The van der Waals surface area contributed by atoms with Crippen LogP contribution in [0.3, 0.4) is 0 Å². The molecule has 2 rings (SSSR count). The minimum absolute atomic E-state index is 0.0167. The molecule has 1 amide bonds. The molecule has 0 aliphatic carbocycles. The predicted molar refractivity (Wildman–Crippen MR) is 66.5 cm³/mol. The van der Waals surface area contributed by atoms with E-state index >= 15 is 0 Å². The van der Waals surface area contributed by atoms with Crippen LogP contribution < -0.4 is 5.32 Å². The number of aryl methyl sites for hydroxylation is 1. The Labute approximate surface area is 102 Å². The second-order valence-corrected chi connectivity index (χ2v) is 4.98. The van der Waals surface area contributed by atoms with Gasteiger partial charge in [-0.3, -0.25) is 4.79 Å². The molecule has 92 valence electrons. The zero-order valence-corrected chi connectivity index (χ0v) is 10.4. The van der Waals surface area contributed by atoms with Gasteiger partial charge in [0.25, 0.3) is 5.91 Å². The number of carbonyl (C=O) groups is 1. The first kappa shape index (κ1) is 12.1. The fraction of sp³-hybridized carbons (Fsp3) is 0.500. The molecule has 1 atom stereocenters. The van der Waals surface area contributed by atoms with Crippen molar-refractivity contribution in [1.82, 2.24) is 5.32 Å². The van der Waals surface area contributed by atoms with Crippen LogP contribution in [0.5, 0.6) is 0 Å². The van der Waals surface area contributed by atoms with Crippen molar-refractivity contribution in [2.75, 3.05) is 0 Å². The summed E-state index contributed by atoms with van der Waals surface area (Å²) in [6, 6.07) is 10.3. The van der Waals surface area contributed by atoms with Gasteiger partial charge in [0, 0.05) is 0 Å². The maximum atomic E-state index is 11.6. The average Bonchev–Trinajstić information content (AvgIpc) is 2.53. The van der Waals surface area contributed by atoms with E-state index in [-0.39, 0.29) is 12.0 Å². The fourth-order valence-corrected chi connectivity index (χ4v) is 2.14. The van der Waals surface area contributed by atoms with Crippen LogP contribution in [0.2, 0.25) is 0 Å². The number of rotatable bonds is 4. The van der Waals surface area contributed by atoms with Crippen LogP contribution in [-0.4, -0.2) is 17.7 Å². The molecule has 1 aromatic carbocycles.